The summed E-state index contributed by atoms with van der Waals surface area (Å²) in [6.45, 7) is 2.09. The average Bonchev–Trinajstić information content (AvgIpc) is 3.46. The van der Waals surface area contributed by atoms with E-state index in [2.05, 4.69) is 4.98 Å². The summed E-state index contributed by atoms with van der Waals surface area (Å²) in [4.78, 5) is 33.2. The second kappa shape index (κ2) is 7.52. The van der Waals surface area contributed by atoms with E-state index in [9.17, 15) is 14.7 Å². The number of para-hydroxylation sites is 1. The minimum absolute atomic E-state index is 0.0329. The van der Waals surface area contributed by atoms with Gasteiger partial charge in [-0.3, -0.25) is 14.6 Å². The van der Waals surface area contributed by atoms with Crippen LogP contribution in [0.2, 0.25) is 0 Å². The van der Waals surface area contributed by atoms with E-state index in [-0.39, 0.29) is 17.9 Å². The summed E-state index contributed by atoms with van der Waals surface area (Å²) in [7, 11) is 0. The second-order valence-electron chi connectivity index (χ2n) is 7.36. The number of furan rings is 1. The monoisotopic (exact) mass is 430 g/mol. The molecule has 0 saturated heterocycles. The number of rotatable bonds is 5. The molecule has 0 bridgehead atoms. The quantitative estimate of drug-likeness (QED) is 0.452. The molecule has 1 amide bonds. The third-order valence-electron chi connectivity index (χ3n) is 5.41. The number of Topliss-reactive ketones (excluding diaryl/α,β-unsaturated/α-hetero) is 1. The normalized spacial score (nSPS) is 16.5. The molecule has 7 heteroatoms. The zero-order valence-electron chi connectivity index (χ0n) is 16.6. The van der Waals surface area contributed by atoms with Crippen LogP contribution in [-0.4, -0.2) is 26.7 Å². The van der Waals surface area contributed by atoms with Gasteiger partial charge in [0.25, 0.3) is 5.91 Å². The van der Waals surface area contributed by atoms with Gasteiger partial charge in [0.2, 0.25) is 5.78 Å². The minimum atomic E-state index is -0.713. The van der Waals surface area contributed by atoms with Crippen molar-refractivity contribution in [2.75, 3.05) is 0 Å². The van der Waals surface area contributed by atoms with Gasteiger partial charge in [-0.05, 0) is 48.2 Å². The number of hydrogen-bond acceptors (Lipinski definition) is 6. The Morgan fingerprint density at radius 3 is 2.71 bits per heavy atom. The average molecular weight is 430 g/mol. The lowest BCUT2D eigenvalue weighted by atomic mass is 9.98. The SMILES string of the molecule is Cc1ccsc1C1C(C(=O)c2cc3ccccc3o2)=C(O)C(=O)N1Cc1ccccn1. The van der Waals surface area contributed by atoms with E-state index in [1.54, 1.807) is 24.4 Å². The predicted molar refractivity (Wildman–Crippen MR) is 117 cm³/mol. The molecule has 0 radical (unpaired) electrons. The summed E-state index contributed by atoms with van der Waals surface area (Å²) in [5.41, 5.74) is 2.22. The smallest absolute Gasteiger partial charge is 0.290 e. The molecule has 1 aliphatic rings. The Kier molecular flexibility index (Phi) is 4.67. The number of hydrogen-bond donors (Lipinski definition) is 1. The van der Waals surface area contributed by atoms with Crippen molar-refractivity contribution in [1.29, 1.82) is 0 Å². The number of ketones is 1. The van der Waals surface area contributed by atoms with Crippen LogP contribution in [0.1, 0.15) is 32.7 Å². The van der Waals surface area contributed by atoms with Crippen molar-refractivity contribution in [3.63, 3.8) is 0 Å². The fraction of sp³-hybridized carbons (Fsp3) is 0.125. The summed E-state index contributed by atoms with van der Waals surface area (Å²) in [6.07, 6.45) is 1.65. The van der Waals surface area contributed by atoms with Crippen LogP contribution in [0.3, 0.4) is 0 Å². The van der Waals surface area contributed by atoms with Crippen molar-refractivity contribution in [1.82, 2.24) is 9.88 Å². The van der Waals surface area contributed by atoms with E-state index in [1.165, 1.54) is 16.2 Å². The van der Waals surface area contributed by atoms with Crippen LogP contribution in [0, 0.1) is 6.92 Å². The number of nitrogens with zero attached hydrogens (tertiary/aromatic N) is 2. The number of aliphatic hydroxyl groups excluding tert-OH is 1. The van der Waals surface area contributed by atoms with Gasteiger partial charge in [0.05, 0.1) is 17.8 Å². The molecule has 1 N–H and O–H groups in total. The highest BCUT2D eigenvalue weighted by atomic mass is 32.1. The number of pyridine rings is 1. The van der Waals surface area contributed by atoms with Gasteiger partial charge >= 0.3 is 0 Å². The molecule has 4 heterocycles. The van der Waals surface area contributed by atoms with Crippen LogP contribution in [0.5, 0.6) is 0 Å². The summed E-state index contributed by atoms with van der Waals surface area (Å²) >= 11 is 1.44. The molecule has 1 aromatic carbocycles. The number of carbonyl (C=O) groups is 2. The molecule has 1 aliphatic heterocycles. The lowest BCUT2D eigenvalue weighted by Gasteiger charge is -2.26. The van der Waals surface area contributed by atoms with Crippen LogP contribution in [0.15, 0.2) is 81.9 Å². The zero-order valence-corrected chi connectivity index (χ0v) is 17.4. The van der Waals surface area contributed by atoms with E-state index < -0.39 is 23.5 Å². The summed E-state index contributed by atoms with van der Waals surface area (Å²) < 4.78 is 5.74. The van der Waals surface area contributed by atoms with E-state index >= 15 is 0 Å². The number of aromatic nitrogens is 1. The highest BCUT2D eigenvalue weighted by molar-refractivity contribution is 7.10. The molecule has 0 fully saturated rings. The first kappa shape index (κ1) is 19.3. The van der Waals surface area contributed by atoms with Crippen LogP contribution in [0.25, 0.3) is 11.0 Å². The molecule has 5 rings (SSSR count). The maximum absolute atomic E-state index is 13.5. The van der Waals surface area contributed by atoms with Crippen molar-refractivity contribution < 1.29 is 19.1 Å². The molecule has 0 aliphatic carbocycles. The first-order valence-electron chi connectivity index (χ1n) is 9.76. The van der Waals surface area contributed by atoms with E-state index in [1.807, 2.05) is 48.7 Å². The van der Waals surface area contributed by atoms with Crippen LogP contribution in [-0.2, 0) is 11.3 Å². The first-order chi connectivity index (χ1) is 15.0. The topological polar surface area (TPSA) is 83.6 Å². The van der Waals surface area contributed by atoms with Crippen LogP contribution < -0.4 is 0 Å². The second-order valence-corrected chi connectivity index (χ2v) is 8.31. The molecule has 6 nitrogen and oxygen atoms in total. The maximum atomic E-state index is 13.5. The van der Waals surface area contributed by atoms with Gasteiger partial charge in [0, 0.05) is 16.5 Å². The fourth-order valence-corrected chi connectivity index (χ4v) is 4.93. The number of aryl methyl sites for hydroxylation is 1. The number of carbonyl (C=O) groups excluding carboxylic acids is 2. The van der Waals surface area contributed by atoms with Gasteiger partial charge in [-0.2, -0.15) is 0 Å². The molecule has 1 atom stereocenters. The number of thiophene rings is 1. The first-order valence-corrected chi connectivity index (χ1v) is 10.6. The van der Waals surface area contributed by atoms with Gasteiger partial charge in [0.1, 0.15) is 11.6 Å². The third-order valence-corrected chi connectivity index (χ3v) is 6.48. The van der Waals surface area contributed by atoms with E-state index in [0.717, 1.165) is 15.8 Å². The Hall–Kier alpha value is -3.71. The Labute approximate surface area is 182 Å². The molecule has 0 spiro atoms. The van der Waals surface area contributed by atoms with Gasteiger partial charge in [0.15, 0.2) is 11.5 Å². The number of aliphatic hydroxyl groups is 1. The molecule has 31 heavy (non-hydrogen) atoms. The highest BCUT2D eigenvalue weighted by Crippen LogP contribution is 2.43. The summed E-state index contributed by atoms with van der Waals surface area (Å²) in [5, 5.41) is 13.5. The number of amides is 1. The van der Waals surface area contributed by atoms with Gasteiger partial charge in [-0.15, -0.1) is 11.3 Å². The van der Waals surface area contributed by atoms with Crippen molar-refractivity contribution in [3.05, 3.63) is 99.4 Å². The van der Waals surface area contributed by atoms with E-state index in [0.29, 0.717) is 11.3 Å². The van der Waals surface area contributed by atoms with E-state index in [4.69, 9.17) is 4.42 Å². The lowest BCUT2D eigenvalue weighted by molar-refractivity contribution is -0.130. The van der Waals surface area contributed by atoms with Crippen LogP contribution in [0.4, 0.5) is 0 Å². The number of benzene rings is 1. The van der Waals surface area contributed by atoms with Crippen molar-refractivity contribution >= 4 is 34.0 Å². The Balaban J connectivity index is 1.60. The molecule has 154 valence electrons. The van der Waals surface area contributed by atoms with Gasteiger partial charge < -0.3 is 14.4 Å². The number of fused-ring (bicyclic) bond motifs is 1. The molecular formula is C24H18N2O4S. The third kappa shape index (κ3) is 3.23. The Morgan fingerprint density at radius 2 is 2.00 bits per heavy atom. The summed E-state index contributed by atoms with van der Waals surface area (Å²) in [6, 6.07) is 15.6. The predicted octanol–water partition coefficient (Wildman–Crippen LogP) is 4.98. The largest absolute Gasteiger partial charge is 0.503 e. The van der Waals surface area contributed by atoms with Crippen LogP contribution >= 0.6 is 11.3 Å². The molecule has 3 aromatic heterocycles. The molecule has 1 unspecified atom stereocenters. The molecule has 4 aromatic rings. The minimum Gasteiger partial charge on any atom is -0.503 e. The standard InChI is InChI=1S/C24H18N2O4S/c1-14-9-11-31-23(14)20-19(21(27)18-12-15-6-2-3-8-17(15)30-18)22(28)24(29)26(20)13-16-7-4-5-10-25-16/h2-12,20,28H,13H2,1H3. The Bertz CT molecular complexity index is 1300. The maximum Gasteiger partial charge on any atom is 0.290 e. The zero-order chi connectivity index (χ0) is 21.5. The Morgan fingerprint density at radius 1 is 1.19 bits per heavy atom. The lowest BCUT2D eigenvalue weighted by Crippen LogP contribution is -2.30. The highest BCUT2D eigenvalue weighted by Gasteiger charge is 2.45. The van der Waals surface area contributed by atoms with Crippen molar-refractivity contribution in [2.45, 2.75) is 19.5 Å². The van der Waals surface area contributed by atoms with Gasteiger partial charge in [-0.25, -0.2) is 0 Å². The van der Waals surface area contributed by atoms with Crippen molar-refractivity contribution in [3.8, 4) is 0 Å². The molecule has 0 saturated carbocycles. The molecular weight excluding hydrogens is 412 g/mol. The van der Waals surface area contributed by atoms with Crippen molar-refractivity contribution in [2.24, 2.45) is 0 Å². The fourth-order valence-electron chi connectivity index (χ4n) is 3.88. The van der Waals surface area contributed by atoms with Gasteiger partial charge in [-0.1, -0.05) is 24.3 Å². The summed E-state index contributed by atoms with van der Waals surface area (Å²) in [5.74, 6) is -1.54.